The molecule has 1 fully saturated rings. The SMILES string of the molecule is CCC(=O)N1CCC(c2cc(Cc3ccccc3Cl)cc(C)n2)CC1. The molecule has 1 aliphatic heterocycles. The lowest BCUT2D eigenvalue weighted by Gasteiger charge is -2.32. The van der Waals surface area contributed by atoms with E-state index in [9.17, 15) is 4.79 Å². The minimum atomic E-state index is 0.259. The monoisotopic (exact) mass is 356 g/mol. The molecule has 1 saturated heterocycles. The lowest BCUT2D eigenvalue weighted by molar-refractivity contribution is -0.131. The molecule has 0 aliphatic carbocycles. The number of aryl methyl sites for hydroxylation is 1. The van der Waals surface area contributed by atoms with Gasteiger partial charge in [0.1, 0.15) is 0 Å². The fraction of sp³-hybridized carbons (Fsp3) is 0.429. The summed E-state index contributed by atoms with van der Waals surface area (Å²) in [5, 5.41) is 0.810. The molecule has 4 heteroatoms. The van der Waals surface area contributed by atoms with Crippen LogP contribution >= 0.6 is 11.6 Å². The highest BCUT2D eigenvalue weighted by Gasteiger charge is 2.24. The molecule has 3 rings (SSSR count). The third kappa shape index (κ3) is 4.40. The van der Waals surface area contributed by atoms with Gasteiger partial charge in [0.05, 0.1) is 0 Å². The Balaban J connectivity index is 1.74. The van der Waals surface area contributed by atoms with Crippen LogP contribution in [0.5, 0.6) is 0 Å². The van der Waals surface area contributed by atoms with E-state index in [-0.39, 0.29) is 5.91 Å². The zero-order valence-corrected chi connectivity index (χ0v) is 15.7. The first-order valence-corrected chi connectivity index (χ1v) is 9.43. The summed E-state index contributed by atoms with van der Waals surface area (Å²) in [4.78, 5) is 18.6. The number of pyridine rings is 1. The first-order valence-electron chi connectivity index (χ1n) is 9.05. The summed E-state index contributed by atoms with van der Waals surface area (Å²) in [7, 11) is 0. The van der Waals surface area contributed by atoms with Crippen molar-refractivity contribution in [3.63, 3.8) is 0 Å². The Morgan fingerprint density at radius 3 is 2.64 bits per heavy atom. The summed E-state index contributed by atoms with van der Waals surface area (Å²) in [6.07, 6.45) is 3.40. The number of hydrogen-bond acceptors (Lipinski definition) is 2. The zero-order valence-electron chi connectivity index (χ0n) is 15.0. The number of halogens is 1. The van der Waals surface area contributed by atoms with Crippen LogP contribution in [0.15, 0.2) is 36.4 Å². The van der Waals surface area contributed by atoms with Crippen molar-refractivity contribution < 1.29 is 4.79 Å². The fourth-order valence-electron chi connectivity index (χ4n) is 3.59. The number of likely N-dealkylation sites (tertiary alicyclic amines) is 1. The molecule has 0 radical (unpaired) electrons. The van der Waals surface area contributed by atoms with Crippen molar-refractivity contribution in [1.29, 1.82) is 0 Å². The highest BCUT2D eigenvalue weighted by molar-refractivity contribution is 6.31. The van der Waals surface area contributed by atoms with Crippen LogP contribution in [0.4, 0.5) is 0 Å². The molecule has 1 aromatic carbocycles. The van der Waals surface area contributed by atoms with Crippen molar-refractivity contribution >= 4 is 17.5 Å². The van der Waals surface area contributed by atoms with Gasteiger partial charge in [-0.2, -0.15) is 0 Å². The second-order valence-corrected chi connectivity index (χ2v) is 7.23. The Labute approximate surface area is 155 Å². The zero-order chi connectivity index (χ0) is 17.8. The smallest absolute Gasteiger partial charge is 0.222 e. The Bertz CT molecular complexity index is 751. The van der Waals surface area contributed by atoms with Crippen molar-refractivity contribution in [3.05, 3.63) is 63.9 Å². The second-order valence-electron chi connectivity index (χ2n) is 6.82. The van der Waals surface area contributed by atoms with Crippen LogP contribution in [0.3, 0.4) is 0 Å². The van der Waals surface area contributed by atoms with E-state index in [1.54, 1.807) is 0 Å². The third-order valence-electron chi connectivity index (χ3n) is 4.95. The number of carbonyl (C=O) groups excluding carboxylic acids is 1. The average molecular weight is 357 g/mol. The largest absolute Gasteiger partial charge is 0.343 e. The average Bonchev–Trinajstić information content (AvgIpc) is 2.62. The van der Waals surface area contributed by atoms with Crippen LogP contribution in [-0.2, 0) is 11.2 Å². The number of amides is 1. The summed E-state index contributed by atoms with van der Waals surface area (Å²) in [6, 6.07) is 12.4. The highest BCUT2D eigenvalue weighted by atomic mass is 35.5. The van der Waals surface area contributed by atoms with E-state index < -0.39 is 0 Å². The van der Waals surface area contributed by atoms with Crippen LogP contribution in [0, 0.1) is 6.92 Å². The fourth-order valence-corrected chi connectivity index (χ4v) is 3.79. The molecular formula is C21H25ClN2O. The van der Waals surface area contributed by atoms with Gasteiger partial charge in [0.25, 0.3) is 0 Å². The van der Waals surface area contributed by atoms with Crippen molar-refractivity contribution in [2.75, 3.05) is 13.1 Å². The Kier molecular flexibility index (Phi) is 5.74. The van der Waals surface area contributed by atoms with E-state index in [0.29, 0.717) is 12.3 Å². The lowest BCUT2D eigenvalue weighted by atomic mass is 9.91. The minimum absolute atomic E-state index is 0.259. The molecule has 3 nitrogen and oxygen atoms in total. The van der Waals surface area contributed by atoms with Gasteiger partial charge in [-0.1, -0.05) is 36.7 Å². The number of rotatable bonds is 4. The quantitative estimate of drug-likeness (QED) is 0.792. The van der Waals surface area contributed by atoms with Gasteiger partial charge in [0, 0.05) is 41.8 Å². The number of nitrogens with zero attached hydrogens (tertiary/aromatic N) is 2. The van der Waals surface area contributed by atoms with Crippen molar-refractivity contribution in [2.24, 2.45) is 0 Å². The standard InChI is InChI=1S/C21H25ClN2O/c1-3-21(25)24-10-8-17(9-11-24)20-14-16(12-15(2)23-20)13-18-6-4-5-7-19(18)22/h4-7,12,14,17H,3,8-11,13H2,1-2H3. The molecule has 0 bridgehead atoms. The summed E-state index contributed by atoms with van der Waals surface area (Å²) in [5.41, 5.74) is 4.60. The van der Waals surface area contributed by atoms with Gasteiger partial charge in [0.2, 0.25) is 5.91 Å². The molecule has 1 amide bonds. The summed E-state index contributed by atoms with van der Waals surface area (Å²) < 4.78 is 0. The van der Waals surface area contributed by atoms with Crippen LogP contribution in [0.25, 0.3) is 0 Å². The molecule has 0 unspecified atom stereocenters. The first kappa shape index (κ1) is 17.9. The maximum atomic E-state index is 11.9. The highest BCUT2D eigenvalue weighted by Crippen LogP contribution is 2.29. The van der Waals surface area contributed by atoms with Crippen LogP contribution < -0.4 is 0 Å². The molecule has 1 aliphatic rings. The molecule has 0 atom stereocenters. The molecule has 0 spiro atoms. The van der Waals surface area contributed by atoms with E-state index >= 15 is 0 Å². The molecule has 132 valence electrons. The van der Waals surface area contributed by atoms with Crippen molar-refractivity contribution in [3.8, 4) is 0 Å². The third-order valence-corrected chi connectivity index (χ3v) is 5.32. The second kappa shape index (κ2) is 8.01. The maximum absolute atomic E-state index is 11.9. The van der Waals surface area contributed by atoms with E-state index in [1.165, 1.54) is 5.56 Å². The summed E-state index contributed by atoms with van der Waals surface area (Å²) >= 11 is 6.31. The van der Waals surface area contributed by atoms with Gasteiger partial charge < -0.3 is 4.90 Å². The van der Waals surface area contributed by atoms with Crippen LogP contribution in [-0.4, -0.2) is 28.9 Å². The van der Waals surface area contributed by atoms with Gasteiger partial charge >= 0.3 is 0 Å². The summed E-state index contributed by atoms with van der Waals surface area (Å²) in [6.45, 7) is 5.66. The van der Waals surface area contributed by atoms with Gasteiger partial charge in [-0.15, -0.1) is 0 Å². The summed E-state index contributed by atoms with van der Waals surface area (Å²) in [5.74, 6) is 0.695. The predicted octanol–water partition coefficient (Wildman–Crippen LogP) is 4.75. The lowest BCUT2D eigenvalue weighted by Crippen LogP contribution is -2.37. The Morgan fingerprint density at radius 2 is 1.96 bits per heavy atom. The molecule has 2 aromatic rings. The van der Waals surface area contributed by atoms with Gasteiger partial charge in [-0.25, -0.2) is 0 Å². The van der Waals surface area contributed by atoms with E-state index in [2.05, 4.69) is 25.1 Å². The number of benzene rings is 1. The van der Waals surface area contributed by atoms with Crippen LogP contribution in [0.2, 0.25) is 5.02 Å². The molecule has 2 heterocycles. The molecular weight excluding hydrogens is 332 g/mol. The van der Waals surface area contributed by atoms with E-state index in [0.717, 1.165) is 54.3 Å². The maximum Gasteiger partial charge on any atom is 0.222 e. The first-order chi connectivity index (χ1) is 12.1. The minimum Gasteiger partial charge on any atom is -0.343 e. The van der Waals surface area contributed by atoms with E-state index in [1.807, 2.05) is 30.0 Å². The topological polar surface area (TPSA) is 33.2 Å². The van der Waals surface area contributed by atoms with Crippen molar-refractivity contribution in [2.45, 2.75) is 45.4 Å². The van der Waals surface area contributed by atoms with Crippen LogP contribution in [0.1, 0.15) is 54.6 Å². The number of carbonyl (C=O) groups is 1. The molecule has 25 heavy (non-hydrogen) atoms. The number of aromatic nitrogens is 1. The van der Waals surface area contributed by atoms with Gasteiger partial charge in [0.15, 0.2) is 0 Å². The predicted molar refractivity (Wildman–Crippen MR) is 102 cm³/mol. The number of hydrogen-bond donors (Lipinski definition) is 0. The van der Waals surface area contributed by atoms with E-state index in [4.69, 9.17) is 16.6 Å². The normalized spacial score (nSPS) is 15.4. The van der Waals surface area contributed by atoms with Gasteiger partial charge in [-0.3, -0.25) is 9.78 Å². The number of piperidine rings is 1. The molecule has 1 aromatic heterocycles. The van der Waals surface area contributed by atoms with Crippen molar-refractivity contribution in [1.82, 2.24) is 9.88 Å². The molecule has 0 saturated carbocycles. The Morgan fingerprint density at radius 1 is 1.24 bits per heavy atom. The Hall–Kier alpha value is -1.87. The van der Waals surface area contributed by atoms with Gasteiger partial charge in [-0.05, 0) is 55.5 Å². The molecule has 0 N–H and O–H groups in total.